The van der Waals surface area contributed by atoms with Gasteiger partial charge >= 0.3 is 0 Å². The highest BCUT2D eigenvalue weighted by Gasteiger charge is 2.50. The lowest BCUT2D eigenvalue weighted by Crippen LogP contribution is -2.66. The molecule has 2 nitrogen and oxygen atoms in total. The summed E-state index contributed by atoms with van der Waals surface area (Å²) in [5.74, 6) is 0.326. The van der Waals surface area contributed by atoms with Crippen LogP contribution in [0.25, 0.3) is 0 Å². The summed E-state index contributed by atoms with van der Waals surface area (Å²) in [5, 5.41) is 2.55. The monoisotopic (exact) mass is 394 g/mol. The molecule has 0 saturated heterocycles. The van der Waals surface area contributed by atoms with E-state index in [1.807, 2.05) is 6.08 Å². The third-order valence-electron chi connectivity index (χ3n) is 5.37. The van der Waals surface area contributed by atoms with Gasteiger partial charge in [0, 0.05) is 12.5 Å². The topological polar surface area (TPSA) is 26.3 Å². The maximum Gasteiger partial charge on any atom is 0.261 e. The highest BCUT2D eigenvalue weighted by molar-refractivity contribution is 6.99. The quantitative estimate of drug-likeness (QED) is 0.323. The molecular formula is C25H34O2Si. The summed E-state index contributed by atoms with van der Waals surface area (Å²) in [4.78, 5) is 11.4. The van der Waals surface area contributed by atoms with E-state index in [0.717, 1.165) is 19.1 Å². The van der Waals surface area contributed by atoms with Gasteiger partial charge in [0.2, 0.25) is 0 Å². The van der Waals surface area contributed by atoms with Gasteiger partial charge in [0.1, 0.15) is 6.29 Å². The van der Waals surface area contributed by atoms with Crippen molar-refractivity contribution in [1.29, 1.82) is 0 Å². The Kier molecular flexibility index (Phi) is 7.96. The second-order valence-corrected chi connectivity index (χ2v) is 13.0. The molecule has 0 spiro atoms. The molecule has 0 saturated carbocycles. The van der Waals surface area contributed by atoms with Crippen molar-refractivity contribution >= 4 is 25.0 Å². The number of carbonyl (C=O) groups is 1. The maximum absolute atomic E-state index is 11.4. The number of rotatable bonds is 10. The number of aldehydes is 1. The average Bonchev–Trinajstić information content (AvgIpc) is 2.68. The number of carbonyl (C=O) groups excluding carboxylic acids is 1. The molecule has 0 fully saturated rings. The van der Waals surface area contributed by atoms with Crippen molar-refractivity contribution in [2.24, 2.45) is 11.8 Å². The van der Waals surface area contributed by atoms with Crippen molar-refractivity contribution < 1.29 is 9.22 Å². The van der Waals surface area contributed by atoms with Crippen LogP contribution in [0.15, 0.2) is 73.3 Å². The second kappa shape index (κ2) is 9.99. The molecule has 0 aliphatic rings. The molecule has 3 heteroatoms. The fourth-order valence-corrected chi connectivity index (χ4v) is 8.73. The van der Waals surface area contributed by atoms with E-state index in [1.54, 1.807) is 0 Å². The van der Waals surface area contributed by atoms with E-state index >= 15 is 0 Å². The van der Waals surface area contributed by atoms with Gasteiger partial charge in [0.05, 0.1) is 0 Å². The molecule has 0 N–H and O–H groups in total. The predicted molar refractivity (Wildman–Crippen MR) is 122 cm³/mol. The Balaban J connectivity index is 2.39. The molecule has 0 amide bonds. The minimum Gasteiger partial charge on any atom is -0.407 e. The van der Waals surface area contributed by atoms with Crippen LogP contribution in [0.5, 0.6) is 0 Å². The van der Waals surface area contributed by atoms with Crippen molar-refractivity contribution in [3.8, 4) is 0 Å². The summed E-state index contributed by atoms with van der Waals surface area (Å²) in [6, 6.07) is 21.4. The molecule has 0 aliphatic carbocycles. The Bertz CT molecular complexity index is 695. The first kappa shape index (κ1) is 22.3. The van der Waals surface area contributed by atoms with Crippen LogP contribution in [0.3, 0.4) is 0 Å². The fraction of sp³-hybridized carbons (Fsp3) is 0.400. The lowest BCUT2D eigenvalue weighted by atomic mass is 9.95. The number of allylic oxidation sites excluding steroid dienone is 1. The van der Waals surface area contributed by atoms with Gasteiger partial charge in [-0.05, 0) is 34.2 Å². The highest BCUT2D eigenvalue weighted by Crippen LogP contribution is 2.37. The Morgan fingerprint density at radius 2 is 1.50 bits per heavy atom. The van der Waals surface area contributed by atoms with Crippen molar-refractivity contribution in [1.82, 2.24) is 0 Å². The zero-order valence-electron chi connectivity index (χ0n) is 17.7. The zero-order chi connectivity index (χ0) is 20.6. The molecule has 2 aromatic carbocycles. The fourth-order valence-electron chi connectivity index (χ4n) is 4.04. The lowest BCUT2D eigenvalue weighted by molar-refractivity contribution is -0.111. The van der Waals surface area contributed by atoms with E-state index in [1.165, 1.54) is 10.4 Å². The summed E-state index contributed by atoms with van der Waals surface area (Å²) >= 11 is 0. The minimum atomic E-state index is -2.50. The number of benzene rings is 2. The molecule has 0 heterocycles. The molecule has 2 rings (SSSR count). The second-order valence-electron chi connectivity index (χ2n) is 8.74. The van der Waals surface area contributed by atoms with Crippen LogP contribution in [-0.2, 0) is 9.22 Å². The molecule has 0 bridgehead atoms. The van der Waals surface area contributed by atoms with Gasteiger partial charge in [0.25, 0.3) is 8.32 Å². The Labute approximate surface area is 171 Å². The first-order valence-corrected chi connectivity index (χ1v) is 12.1. The smallest absolute Gasteiger partial charge is 0.261 e. The van der Waals surface area contributed by atoms with Crippen molar-refractivity contribution in [2.45, 2.75) is 45.6 Å². The maximum atomic E-state index is 11.4. The van der Waals surface area contributed by atoms with Gasteiger partial charge in [-0.1, -0.05) is 94.4 Å². The van der Waals surface area contributed by atoms with Crippen LogP contribution in [-0.4, -0.2) is 21.2 Å². The van der Waals surface area contributed by atoms with Crippen molar-refractivity contribution in [3.05, 3.63) is 73.3 Å². The first-order chi connectivity index (χ1) is 13.3. The Morgan fingerprint density at radius 1 is 1.00 bits per heavy atom. The molecule has 150 valence electrons. The van der Waals surface area contributed by atoms with Crippen molar-refractivity contribution in [2.75, 3.05) is 6.61 Å². The molecule has 2 aromatic rings. The summed E-state index contributed by atoms with van der Waals surface area (Å²) < 4.78 is 6.95. The van der Waals surface area contributed by atoms with Crippen LogP contribution >= 0.6 is 0 Å². The van der Waals surface area contributed by atoms with Gasteiger partial charge < -0.3 is 9.22 Å². The van der Waals surface area contributed by atoms with Crippen LogP contribution in [0.4, 0.5) is 0 Å². The molecular weight excluding hydrogens is 360 g/mol. The molecule has 0 radical (unpaired) electrons. The summed E-state index contributed by atoms with van der Waals surface area (Å²) in [5.41, 5.74) is 0. The zero-order valence-corrected chi connectivity index (χ0v) is 18.7. The van der Waals surface area contributed by atoms with Gasteiger partial charge in [0.15, 0.2) is 0 Å². The third kappa shape index (κ3) is 5.09. The normalized spacial score (nSPS) is 14.3. The SMILES string of the molecule is C=CCC(C=O)C[C@@H](C)CO[Si](c1ccccc1)(c1ccccc1)C(C)(C)C. The molecule has 0 aliphatic heterocycles. The number of hydrogen-bond donors (Lipinski definition) is 0. The minimum absolute atomic E-state index is 0.0234. The summed E-state index contributed by atoms with van der Waals surface area (Å²) in [6.07, 6.45) is 4.44. The molecule has 28 heavy (non-hydrogen) atoms. The number of hydrogen-bond acceptors (Lipinski definition) is 2. The van der Waals surface area contributed by atoms with E-state index in [9.17, 15) is 4.79 Å². The molecule has 1 unspecified atom stereocenters. The summed E-state index contributed by atoms with van der Waals surface area (Å²) in [6.45, 7) is 13.5. The standard InChI is InChI=1S/C25H34O2Si/c1-6-13-22(19-26)18-21(2)20-27-28(25(3,4)5,23-14-9-7-10-15-23)24-16-11-8-12-17-24/h6-12,14-17,19,21-22H,1,13,18,20H2,2-5H3/t21-,22?/m1/s1. The Morgan fingerprint density at radius 3 is 1.89 bits per heavy atom. The van der Waals surface area contributed by atoms with Crippen LogP contribution in [0.2, 0.25) is 5.04 Å². The van der Waals surface area contributed by atoms with Gasteiger partial charge in [-0.2, -0.15) is 0 Å². The third-order valence-corrected chi connectivity index (χ3v) is 10.4. The van der Waals surface area contributed by atoms with Crippen LogP contribution in [0, 0.1) is 11.8 Å². The Hall–Kier alpha value is -1.97. The highest BCUT2D eigenvalue weighted by atomic mass is 28.4. The van der Waals surface area contributed by atoms with E-state index in [2.05, 4.69) is 94.9 Å². The lowest BCUT2D eigenvalue weighted by Gasteiger charge is -2.43. The van der Waals surface area contributed by atoms with Crippen molar-refractivity contribution in [3.63, 3.8) is 0 Å². The van der Waals surface area contributed by atoms with Crippen LogP contribution < -0.4 is 10.4 Å². The van der Waals surface area contributed by atoms with Crippen LogP contribution in [0.1, 0.15) is 40.5 Å². The van der Waals surface area contributed by atoms with E-state index in [4.69, 9.17) is 4.43 Å². The van der Waals surface area contributed by atoms with Gasteiger partial charge in [-0.15, -0.1) is 6.58 Å². The average molecular weight is 395 g/mol. The van der Waals surface area contributed by atoms with E-state index < -0.39 is 8.32 Å². The first-order valence-electron chi connectivity index (χ1n) is 10.2. The summed E-state index contributed by atoms with van der Waals surface area (Å²) in [7, 11) is -2.50. The molecule has 2 atom stereocenters. The van der Waals surface area contributed by atoms with E-state index in [-0.39, 0.29) is 11.0 Å². The molecule has 0 aromatic heterocycles. The predicted octanol–water partition coefficient (Wildman–Crippen LogP) is 4.98. The largest absolute Gasteiger partial charge is 0.407 e. The van der Waals surface area contributed by atoms with E-state index in [0.29, 0.717) is 12.5 Å². The van der Waals surface area contributed by atoms with Gasteiger partial charge in [-0.25, -0.2) is 0 Å². The van der Waals surface area contributed by atoms with Gasteiger partial charge in [-0.3, -0.25) is 0 Å².